The van der Waals surface area contributed by atoms with Gasteiger partial charge in [0.25, 0.3) is 10.1 Å². The fourth-order valence-electron chi connectivity index (χ4n) is 2.20. The van der Waals surface area contributed by atoms with Crippen molar-refractivity contribution in [1.29, 1.82) is 0 Å². The molecule has 13 heteroatoms. The summed E-state index contributed by atoms with van der Waals surface area (Å²) in [6.45, 7) is 0. The van der Waals surface area contributed by atoms with Crippen molar-refractivity contribution in [3.8, 4) is 5.75 Å². The number of carbonyl (C=O) groups excluding carboxylic acids is 1. The summed E-state index contributed by atoms with van der Waals surface area (Å²) in [7, 11) is 11.3. The van der Waals surface area contributed by atoms with Crippen LogP contribution in [0.25, 0.3) is 0 Å². The smallest absolute Gasteiger partial charge is 0.426 e. The number of rotatable bonds is 7. The predicted octanol–water partition coefficient (Wildman–Crippen LogP) is 0.373. The molecule has 26 heavy (non-hydrogen) atoms. The molecule has 0 saturated heterocycles. The minimum Gasteiger partial charge on any atom is -0.507 e. The summed E-state index contributed by atoms with van der Waals surface area (Å²) in [6.07, 6.45) is -9.24. The molecule has 1 aromatic rings. The van der Waals surface area contributed by atoms with Gasteiger partial charge in [0.15, 0.2) is 0 Å². The zero-order chi connectivity index (χ0) is 20.3. The van der Waals surface area contributed by atoms with Crippen LogP contribution in [-0.4, -0.2) is 65.6 Å². The lowest BCUT2D eigenvalue weighted by Gasteiger charge is -2.22. The Morgan fingerprint density at radius 3 is 2.08 bits per heavy atom. The quantitative estimate of drug-likeness (QED) is 0.399. The molecule has 2 N–H and O–H groups in total. The Hall–Kier alpha value is -1.62. The summed E-state index contributed by atoms with van der Waals surface area (Å²) in [6, 6.07) is 1.34. The molecule has 0 amide bonds. The third kappa shape index (κ3) is 5.44. The molecule has 1 aromatic carbocycles. The molecule has 0 saturated carbocycles. The standard InChI is InChI=1S/C13H12B3F3O6S/c14-2-6-1-7(3-15)11(20)10(8(6)4-16)12(21)25-9(13(17,18)19)5-26(22,23)24/h1,9,20H,2-5H2,(H,22,23,24). The van der Waals surface area contributed by atoms with Crippen LogP contribution < -0.4 is 0 Å². The van der Waals surface area contributed by atoms with E-state index in [0.29, 0.717) is 0 Å². The van der Waals surface area contributed by atoms with Crippen LogP contribution in [-0.2, 0) is 33.8 Å². The minimum absolute atomic E-state index is 0.00735. The largest absolute Gasteiger partial charge is 0.507 e. The number of halogens is 3. The number of ether oxygens (including phenoxy) is 1. The van der Waals surface area contributed by atoms with Crippen LogP contribution in [0.1, 0.15) is 27.0 Å². The van der Waals surface area contributed by atoms with Gasteiger partial charge in [-0.15, -0.1) is 0 Å². The van der Waals surface area contributed by atoms with Gasteiger partial charge in [0.1, 0.15) is 17.1 Å². The number of alkyl halides is 3. The summed E-state index contributed by atoms with van der Waals surface area (Å²) in [5, 5.41) is 10.1. The number of phenols is 1. The van der Waals surface area contributed by atoms with Gasteiger partial charge in [-0.1, -0.05) is 30.6 Å². The van der Waals surface area contributed by atoms with Crippen LogP contribution in [0, 0.1) is 0 Å². The Labute approximate surface area is 152 Å². The van der Waals surface area contributed by atoms with E-state index in [-0.39, 0.29) is 35.7 Å². The number of aromatic hydroxyl groups is 1. The predicted molar refractivity (Wildman–Crippen MR) is 88.2 cm³/mol. The highest BCUT2D eigenvalue weighted by atomic mass is 32.2. The lowest BCUT2D eigenvalue weighted by Crippen LogP contribution is -2.39. The number of esters is 1. The van der Waals surface area contributed by atoms with E-state index in [4.69, 9.17) is 28.1 Å². The van der Waals surface area contributed by atoms with Crippen molar-refractivity contribution in [3.63, 3.8) is 0 Å². The first-order chi connectivity index (χ1) is 11.9. The molecular formula is C13H12B3F3O6S. The molecule has 0 bridgehead atoms. The van der Waals surface area contributed by atoms with Gasteiger partial charge in [-0.05, 0) is 11.1 Å². The second-order valence-corrected chi connectivity index (χ2v) is 6.69. The van der Waals surface area contributed by atoms with Crippen molar-refractivity contribution >= 4 is 39.6 Å². The van der Waals surface area contributed by atoms with Crippen molar-refractivity contribution in [2.24, 2.45) is 0 Å². The van der Waals surface area contributed by atoms with Crippen molar-refractivity contribution in [2.45, 2.75) is 31.2 Å². The first-order valence-electron chi connectivity index (χ1n) is 7.05. The molecule has 1 unspecified atom stereocenters. The van der Waals surface area contributed by atoms with Gasteiger partial charge in [-0.25, -0.2) is 4.79 Å². The van der Waals surface area contributed by atoms with Crippen molar-refractivity contribution in [2.75, 3.05) is 5.75 Å². The van der Waals surface area contributed by atoms with Crippen LogP contribution in [0.3, 0.4) is 0 Å². The van der Waals surface area contributed by atoms with E-state index in [9.17, 15) is 31.5 Å². The Balaban J connectivity index is 3.42. The van der Waals surface area contributed by atoms with E-state index in [0.717, 1.165) is 0 Å². The maximum Gasteiger partial charge on any atom is 0.426 e. The lowest BCUT2D eigenvalue weighted by molar-refractivity contribution is -0.197. The SMILES string of the molecule is [B]Cc1cc(C[B])c(C[B])c(C(=O)OC(CS(=O)(=O)O)C(F)(F)F)c1O. The summed E-state index contributed by atoms with van der Waals surface area (Å²) in [5.74, 6) is -4.33. The highest BCUT2D eigenvalue weighted by Crippen LogP contribution is 2.32. The zero-order valence-electron chi connectivity index (χ0n) is 13.3. The van der Waals surface area contributed by atoms with Gasteiger partial charge in [-0.2, -0.15) is 21.6 Å². The van der Waals surface area contributed by atoms with Gasteiger partial charge in [0.05, 0.1) is 23.5 Å². The van der Waals surface area contributed by atoms with Crippen LogP contribution in [0.2, 0.25) is 0 Å². The van der Waals surface area contributed by atoms with E-state index < -0.39 is 45.4 Å². The molecule has 1 atom stereocenters. The van der Waals surface area contributed by atoms with E-state index >= 15 is 0 Å². The molecule has 0 heterocycles. The number of carbonyl (C=O) groups is 1. The number of phenolic OH excluding ortho intramolecular Hbond substituents is 1. The van der Waals surface area contributed by atoms with Gasteiger partial charge in [0, 0.05) is 0 Å². The number of hydrogen-bond acceptors (Lipinski definition) is 5. The molecule has 0 aliphatic rings. The maximum absolute atomic E-state index is 12.9. The number of hydrogen-bond donors (Lipinski definition) is 2. The Kier molecular flexibility index (Phi) is 7.23. The summed E-state index contributed by atoms with van der Waals surface area (Å²) < 4.78 is 73.1. The monoisotopic (exact) mass is 386 g/mol. The van der Waals surface area contributed by atoms with Crippen LogP contribution >= 0.6 is 0 Å². The third-order valence-electron chi connectivity index (χ3n) is 3.40. The minimum atomic E-state index is -5.29. The number of benzene rings is 1. The molecule has 0 aliphatic heterocycles. The average Bonchev–Trinajstić information content (AvgIpc) is 2.51. The molecule has 0 aromatic heterocycles. The fourth-order valence-corrected chi connectivity index (χ4v) is 2.83. The summed E-state index contributed by atoms with van der Waals surface area (Å²) >= 11 is 0. The third-order valence-corrected chi connectivity index (χ3v) is 4.13. The molecule has 136 valence electrons. The molecule has 1 rings (SSSR count). The van der Waals surface area contributed by atoms with E-state index in [1.165, 1.54) is 6.07 Å². The van der Waals surface area contributed by atoms with Gasteiger partial charge in [0.2, 0.25) is 6.10 Å². The van der Waals surface area contributed by atoms with E-state index in [1.54, 1.807) is 0 Å². The lowest BCUT2D eigenvalue weighted by atomic mass is 9.80. The molecule has 6 nitrogen and oxygen atoms in total. The van der Waals surface area contributed by atoms with Gasteiger partial charge in [-0.3, -0.25) is 4.55 Å². The first-order valence-corrected chi connectivity index (χ1v) is 8.66. The van der Waals surface area contributed by atoms with E-state index in [2.05, 4.69) is 4.74 Å². The molecule has 0 fully saturated rings. The molecular weight excluding hydrogens is 374 g/mol. The zero-order valence-corrected chi connectivity index (χ0v) is 14.1. The highest BCUT2D eigenvalue weighted by molar-refractivity contribution is 7.85. The van der Waals surface area contributed by atoms with Crippen molar-refractivity contribution in [1.82, 2.24) is 0 Å². The van der Waals surface area contributed by atoms with Crippen molar-refractivity contribution in [3.05, 3.63) is 28.3 Å². The first kappa shape index (κ1) is 22.4. The summed E-state index contributed by atoms with van der Waals surface area (Å²) in [5.41, 5.74) is -0.510. The van der Waals surface area contributed by atoms with Crippen LogP contribution in [0.5, 0.6) is 5.75 Å². The topological polar surface area (TPSA) is 101 Å². The summed E-state index contributed by atoms with van der Waals surface area (Å²) in [4.78, 5) is 12.2. The second-order valence-electron chi connectivity index (χ2n) is 5.19. The van der Waals surface area contributed by atoms with Crippen LogP contribution in [0.4, 0.5) is 13.2 Å². The average molecular weight is 386 g/mol. The van der Waals surface area contributed by atoms with Gasteiger partial charge < -0.3 is 9.84 Å². The maximum atomic E-state index is 12.9. The highest BCUT2D eigenvalue weighted by Gasteiger charge is 2.46. The van der Waals surface area contributed by atoms with Crippen LogP contribution in [0.15, 0.2) is 6.07 Å². The molecule has 0 spiro atoms. The van der Waals surface area contributed by atoms with Crippen molar-refractivity contribution < 1.29 is 40.8 Å². The molecule has 0 aliphatic carbocycles. The van der Waals surface area contributed by atoms with Gasteiger partial charge >= 0.3 is 12.1 Å². The van der Waals surface area contributed by atoms with E-state index in [1.807, 2.05) is 0 Å². The Morgan fingerprint density at radius 2 is 1.69 bits per heavy atom. The Morgan fingerprint density at radius 1 is 1.15 bits per heavy atom. The second kappa shape index (κ2) is 8.38. The normalized spacial score (nSPS) is 13.4. The molecule has 6 radical (unpaired) electrons. The Bertz CT molecular complexity index is 782. The fraction of sp³-hybridized carbons (Fsp3) is 0.462.